The number of carbonyl (C=O) groups is 1. The number of aliphatic hydroxyl groups excluding tert-OH is 1. The van der Waals surface area contributed by atoms with Crippen molar-refractivity contribution in [3.63, 3.8) is 0 Å². The van der Waals surface area contributed by atoms with E-state index in [1.807, 2.05) is 13.8 Å². The fraction of sp³-hybridized carbons (Fsp3) is 0.938. The number of rotatable bonds is 10. The Balaban J connectivity index is 2.01. The van der Waals surface area contributed by atoms with Gasteiger partial charge < -0.3 is 19.3 Å². The minimum Gasteiger partial charge on any atom is -0.463 e. The van der Waals surface area contributed by atoms with Crippen molar-refractivity contribution < 1.29 is 24.1 Å². The summed E-state index contributed by atoms with van der Waals surface area (Å²) in [7, 11) is 0. The highest BCUT2D eigenvalue weighted by atomic mass is 16.7. The Morgan fingerprint density at radius 2 is 2.05 bits per heavy atom. The van der Waals surface area contributed by atoms with E-state index in [1.54, 1.807) is 0 Å². The standard InChI is InChI=1S/C16H30O5/c1-4-5-6-8-13(17)9-7-10-15(18)19-11-14-12-20-16(2,3)21-14/h13-14,17H,4-12H2,1-3H3. The third-order valence-corrected chi connectivity index (χ3v) is 3.56. The van der Waals surface area contributed by atoms with Gasteiger partial charge in [0, 0.05) is 6.42 Å². The van der Waals surface area contributed by atoms with E-state index in [0.29, 0.717) is 25.9 Å². The number of hydrogen-bond acceptors (Lipinski definition) is 5. The highest BCUT2D eigenvalue weighted by molar-refractivity contribution is 5.69. The maximum absolute atomic E-state index is 11.6. The fourth-order valence-electron chi connectivity index (χ4n) is 2.36. The summed E-state index contributed by atoms with van der Waals surface area (Å²) in [6.07, 6.45) is 5.39. The van der Waals surface area contributed by atoms with Gasteiger partial charge in [0.1, 0.15) is 12.7 Å². The molecule has 1 N–H and O–H groups in total. The molecule has 2 unspecified atom stereocenters. The molecule has 0 spiro atoms. The Bertz CT molecular complexity index is 303. The molecule has 1 heterocycles. The van der Waals surface area contributed by atoms with Crippen molar-refractivity contribution in [3.8, 4) is 0 Å². The van der Waals surface area contributed by atoms with Gasteiger partial charge in [0.05, 0.1) is 12.7 Å². The largest absolute Gasteiger partial charge is 0.463 e. The van der Waals surface area contributed by atoms with Gasteiger partial charge in [-0.05, 0) is 33.1 Å². The molecule has 0 aromatic carbocycles. The Labute approximate surface area is 128 Å². The van der Waals surface area contributed by atoms with Crippen LogP contribution in [-0.4, -0.2) is 42.3 Å². The molecule has 1 rings (SSSR count). The second-order valence-electron chi connectivity index (χ2n) is 6.18. The Hall–Kier alpha value is -0.650. The Morgan fingerprint density at radius 1 is 1.33 bits per heavy atom. The zero-order valence-electron chi connectivity index (χ0n) is 13.6. The van der Waals surface area contributed by atoms with Gasteiger partial charge in [0.15, 0.2) is 5.79 Å². The van der Waals surface area contributed by atoms with Crippen molar-refractivity contribution in [2.45, 2.75) is 83.7 Å². The Kier molecular flexibility index (Phi) is 8.22. The smallest absolute Gasteiger partial charge is 0.305 e. The number of hydrogen-bond donors (Lipinski definition) is 1. The molecule has 1 saturated heterocycles. The predicted octanol–water partition coefficient (Wildman–Crippen LogP) is 2.79. The maximum atomic E-state index is 11.6. The van der Waals surface area contributed by atoms with Gasteiger partial charge >= 0.3 is 5.97 Å². The van der Waals surface area contributed by atoms with Crippen LogP contribution in [0.2, 0.25) is 0 Å². The number of aliphatic hydroxyl groups is 1. The molecule has 5 nitrogen and oxygen atoms in total. The molecule has 0 saturated carbocycles. The van der Waals surface area contributed by atoms with Crippen LogP contribution < -0.4 is 0 Å². The summed E-state index contributed by atoms with van der Waals surface area (Å²) in [6.45, 7) is 6.52. The molecule has 0 aromatic heterocycles. The fourth-order valence-corrected chi connectivity index (χ4v) is 2.36. The monoisotopic (exact) mass is 302 g/mol. The molecule has 0 amide bonds. The van der Waals surface area contributed by atoms with E-state index in [-0.39, 0.29) is 24.8 Å². The molecule has 0 radical (unpaired) electrons. The average molecular weight is 302 g/mol. The van der Waals surface area contributed by atoms with Gasteiger partial charge in [-0.15, -0.1) is 0 Å². The maximum Gasteiger partial charge on any atom is 0.305 e. The van der Waals surface area contributed by atoms with Crippen LogP contribution in [0.15, 0.2) is 0 Å². The van der Waals surface area contributed by atoms with Crippen LogP contribution in [0.5, 0.6) is 0 Å². The van der Waals surface area contributed by atoms with Crippen LogP contribution in [-0.2, 0) is 19.0 Å². The van der Waals surface area contributed by atoms with Gasteiger partial charge in [0.25, 0.3) is 0 Å². The SMILES string of the molecule is CCCCCC(O)CCCC(=O)OCC1COC(C)(C)O1. The van der Waals surface area contributed by atoms with Crippen LogP contribution >= 0.6 is 0 Å². The summed E-state index contributed by atoms with van der Waals surface area (Å²) in [5, 5.41) is 9.76. The quantitative estimate of drug-likeness (QED) is 0.496. The summed E-state index contributed by atoms with van der Waals surface area (Å²) in [6, 6.07) is 0. The zero-order valence-corrected chi connectivity index (χ0v) is 13.6. The van der Waals surface area contributed by atoms with Crippen molar-refractivity contribution >= 4 is 5.97 Å². The van der Waals surface area contributed by atoms with E-state index < -0.39 is 5.79 Å². The first kappa shape index (κ1) is 18.4. The van der Waals surface area contributed by atoms with Gasteiger partial charge in [0.2, 0.25) is 0 Å². The van der Waals surface area contributed by atoms with Gasteiger partial charge in [-0.25, -0.2) is 0 Å². The van der Waals surface area contributed by atoms with Crippen LogP contribution in [0, 0.1) is 0 Å². The number of ether oxygens (including phenoxy) is 3. The topological polar surface area (TPSA) is 65.0 Å². The molecule has 0 aliphatic carbocycles. The van der Waals surface area contributed by atoms with Gasteiger partial charge in [-0.1, -0.05) is 26.2 Å². The first-order valence-corrected chi connectivity index (χ1v) is 8.08. The average Bonchev–Trinajstić information content (AvgIpc) is 2.76. The lowest BCUT2D eigenvalue weighted by Gasteiger charge is -2.17. The van der Waals surface area contributed by atoms with Crippen LogP contribution in [0.4, 0.5) is 0 Å². The first-order chi connectivity index (χ1) is 9.93. The molecule has 1 fully saturated rings. The van der Waals surface area contributed by atoms with E-state index in [9.17, 15) is 9.90 Å². The van der Waals surface area contributed by atoms with Crippen molar-refractivity contribution in [2.24, 2.45) is 0 Å². The van der Waals surface area contributed by atoms with Crippen LogP contribution in [0.25, 0.3) is 0 Å². The summed E-state index contributed by atoms with van der Waals surface area (Å²) in [5.41, 5.74) is 0. The zero-order chi connectivity index (χ0) is 15.7. The van der Waals surface area contributed by atoms with E-state index in [2.05, 4.69) is 6.92 Å². The minimum atomic E-state index is -0.584. The lowest BCUT2D eigenvalue weighted by molar-refractivity contribution is -0.158. The van der Waals surface area contributed by atoms with Crippen molar-refractivity contribution in [1.29, 1.82) is 0 Å². The van der Waals surface area contributed by atoms with E-state index in [1.165, 1.54) is 0 Å². The number of esters is 1. The lowest BCUT2D eigenvalue weighted by Crippen LogP contribution is -2.25. The molecule has 0 aromatic rings. The Morgan fingerprint density at radius 3 is 2.67 bits per heavy atom. The second-order valence-corrected chi connectivity index (χ2v) is 6.18. The summed E-state index contributed by atoms with van der Waals surface area (Å²) in [5.74, 6) is -0.816. The molecular weight excluding hydrogens is 272 g/mol. The van der Waals surface area contributed by atoms with Gasteiger partial charge in [-0.3, -0.25) is 4.79 Å². The molecule has 5 heteroatoms. The second kappa shape index (κ2) is 9.38. The number of carbonyl (C=O) groups excluding carboxylic acids is 1. The summed E-state index contributed by atoms with van der Waals surface area (Å²) in [4.78, 5) is 11.6. The number of unbranched alkanes of at least 4 members (excludes halogenated alkanes) is 2. The normalized spacial score (nSPS) is 22.2. The first-order valence-electron chi connectivity index (χ1n) is 8.08. The molecule has 1 aliphatic heterocycles. The molecule has 124 valence electrons. The van der Waals surface area contributed by atoms with Crippen LogP contribution in [0.3, 0.4) is 0 Å². The van der Waals surface area contributed by atoms with E-state index in [4.69, 9.17) is 14.2 Å². The summed E-state index contributed by atoms with van der Waals surface area (Å²) >= 11 is 0. The highest BCUT2D eigenvalue weighted by Gasteiger charge is 2.33. The minimum absolute atomic E-state index is 0.177. The van der Waals surface area contributed by atoms with E-state index in [0.717, 1.165) is 25.7 Å². The molecule has 0 bridgehead atoms. The molecule has 21 heavy (non-hydrogen) atoms. The van der Waals surface area contributed by atoms with Crippen molar-refractivity contribution in [2.75, 3.05) is 13.2 Å². The third-order valence-electron chi connectivity index (χ3n) is 3.56. The van der Waals surface area contributed by atoms with Gasteiger partial charge in [-0.2, -0.15) is 0 Å². The highest BCUT2D eigenvalue weighted by Crippen LogP contribution is 2.22. The predicted molar refractivity (Wildman–Crippen MR) is 79.9 cm³/mol. The molecule has 2 atom stereocenters. The third kappa shape index (κ3) is 8.39. The van der Waals surface area contributed by atoms with Crippen LogP contribution in [0.1, 0.15) is 65.7 Å². The van der Waals surface area contributed by atoms with Crippen molar-refractivity contribution in [1.82, 2.24) is 0 Å². The van der Waals surface area contributed by atoms with E-state index >= 15 is 0 Å². The molecule has 1 aliphatic rings. The summed E-state index contributed by atoms with van der Waals surface area (Å²) < 4.78 is 16.1. The van der Waals surface area contributed by atoms with Crippen molar-refractivity contribution in [3.05, 3.63) is 0 Å². The lowest BCUT2D eigenvalue weighted by atomic mass is 10.1. The molecular formula is C16H30O5.